The zero-order chi connectivity index (χ0) is 14.0. The van der Waals surface area contributed by atoms with Crippen LogP contribution in [0.15, 0.2) is 16.6 Å². The van der Waals surface area contributed by atoms with Gasteiger partial charge in [-0.2, -0.15) is 0 Å². The lowest BCUT2D eigenvalue weighted by Crippen LogP contribution is -2.46. The Morgan fingerprint density at radius 1 is 1.24 bits per heavy atom. The Hall–Kier alpha value is 0.150. The quantitative estimate of drug-likeness (QED) is 0.768. The number of hydrogen-bond donors (Lipinski definition) is 2. The van der Waals surface area contributed by atoms with Crippen LogP contribution in [0.1, 0.15) is 11.6 Å². The molecule has 1 aromatic rings. The molecule has 0 aliphatic carbocycles. The number of rotatable bonds is 3. The Morgan fingerprint density at radius 3 is 2.33 bits per heavy atom. The van der Waals surface area contributed by atoms with E-state index in [0.29, 0.717) is 31.2 Å². The van der Waals surface area contributed by atoms with Crippen LogP contribution < -0.4 is 5.32 Å². The lowest BCUT2D eigenvalue weighted by Gasteiger charge is -2.35. The van der Waals surface area contributed by atoms with Gasteiger partial charge in [0.25, 0.3) is 6.43 Å². The summed E-state index contributed by atoms with van der Waals surface area (Å²) < 4.78 is 27.0. The highest BCUT2D eigenvalue weighted by atomic mass is 79.9. The van der Waals surface area contributed by atoms with Crippen molar-refractivity contribution in [3.63, 3.8) is 0 Å². The van der Waals surface area contributed by atoms with Gasteiger partial charge in [-0.05, 0) is 22.0 Å². The van der Waals surface area contributed by atoms with E-state index in [2.05, 4.69) is 21.2 Å². The molecule has 0 bridgehead atoms. The second kappa shape index (κ2) is 9.33. The fraction of sp³-hybridized carbons (Fsp3) is 0.500. The van der Waals surface area contributed by atoms with Crippen molar-refractivity contribution in [2.24, 2.45) is 0 Å². The van der Waals surface area contributed by atoms with Gasteiger partial charge >= 0.3 is 0 Å². The molecule has 9 heteroatoms. The lowest BCUT2D eigenvalue weighted by molar-refractivity contribution is 0.0170. The van der Waals surface area contributed by atoms with Gasteiger partial charge in [-0.25, -0.2) is 8.78 Å². The molecule has 1 fully saturated rings. The van der Waals surface area contributed by atoms with E-state index in [1.54, 1.807) is 4.90 Å². The van der Waals surface area contributed by atoms with Crippen molar-refractivity contribution < 1.29 is 13.9 Å². The van der Waals surface area contributed by atoms with E-state index in [9.17, 15) is 13.9 Å². The largest absolute Gasteiger partial charge is 0.506 e. The minimum Gasteiger partial charge on any atom is -0.506 e. The van der Waals surface area contributed by atoms with E-state index in [4.69, 9.17) is 11.6 Å². The molecule has 1 aromatic carbocycles. The minimum absolute atomic E-state index is 0. The highest BCUT2D eigenvalue weighted by Gasteiger charge is 2.32. The standard InChI is InChI=1S/C12H14BrClF2N2O.2ClH/c13-9-8(14)2-1-7(11(9)19)10(12(15)16)18-5-3-17-4-6-18;;/h1-2,10,12,17,19H,3-6H2;2*1H/t10-;;/m0../s1. The van der Waals surface area contributed by atoms with Crippen molar-refractivity contribution in [1.29, 1.82) is 0 Å². The van der Waals surface area contributed by atoms with Crippen LogP contribution in [0.3, 0.4) is 0 Å². The molecule has 21 heavy (non-hydrogen) atoms. The van der Waals surface area contributed by atoms with Crippen molar-refractivity contribution in [2.75, 3.05) is 26.2 Å². The molecule has 2 rings (SSSR count). The number of hydrogen-bond acceptors (Lipinski definition) is 3. The van der Waals surface area contributed by atoms with E-state index in [1.165, 1.54) is 12.1 Å². The molecule has 1 atom stereocenters. The number of aromatic hydroxyl groups is 1. The summed E-state index contributed by atoms with van der Waals surface area (Å²) in [5.41, 5.74) is 0.202. The maximum absolute atomic E-state index is 13.4. The Labute approximate surface area is 148 Å². The molecule has 1 aliphatic heterocycles. The molecule has 122 valence electrons. The summed E-state index contributed by atoms with van der Waals surface area (Å²) in [6, 6.07) is 1.86. The maximum atomic E-state index is 13.4. The van der Waals surface area contributed by atoms with E-state index in [-0.39, 0.29) is 40.6 Å². The molecule has 0 radical (unpaired) electrons. The Balaban J connectivity index is 0.00000200. The maximum Gasteiger partial charge on any atom is 0.258 e. The van der Waals surface area contributed by atoms with Gasteiger partial charge in [-0.15, -0.1) is 24.8 Å². The summed E-state index contributed by atoms with van der Waals surface area (Å²) in [7, 11) is 0. The molecule has 0 saturated carbocycles. The van der Waals surface area contributed by atoms with Crippen LogP contribution in [0.5, 0.6) is 5.75 Å². The van der Waals surface area contributed by atoms with Gasteiger partial charge in [0.1, 0.15) is 11.8 Å². The predicted molar refractivity (Wildman–Crippen MR) is 88.5 cm³/mol. The first kappa shape index (κ1) is 21.1. The van der Waals surface area contributed by atoms with E-state index >= 15 is 0 Å². The van der Waals surface area contributed by atoms with Crippen molar-refractivity contribution >= 4 is 52.3 Å². The lowest BCUT2D eigenvalue weighted by atomic mass is 10.0. The van der Waals surface area contributed by atoms with Crippen molar-refractivity contribution in [2.45, 2.75) is 12.5 Å². The van der Waals surface area contributed by atoms with Crippen molar-refractivity contribution in [3.8, 4) is 5.75 Å². The molecule has 0 spiro atoms. The number of phenols is 1. The van der Waals surface area contributed by atoms with Gasteiger partial charge in [0, 0.05) is 31.7 Å². The summed E-state index contributed by atoms with van der Waals surface area (Å²) in [6.45, 7) is 2.38. The molecular weight excluding hydrogens is 412 g/mol. The molecule has 0 unspecified atom stereocenters. The van der Waals surface area contributed by atoms with Crippen LogP contribution in [0.25, 0.3) is 0 Å². The van der Waals surface area contributed by atoms with Crippen LogP contribution in [0.4, 0.5) is 8.78 Å². The SMILES string of the molecule is Cl.Cl.Oc1c([C@@H](C(F)F)N2CCNCC2)ccc(Cl)c1Br. The Morgan fingerprint density at radius 2 is 1.81 bits per heavy atom. The third kappa shape index (κ3) is 4.81. The van der Waals surface area contributed by atoms with Gasteiger partial charge in [0.05, 0.1) is 9.50 Å². The second-order valence-electron chi connectivity index (χ2n) is 4.36. The van der Waals surface area contributed by atoms with Crippen LogP contribution in [0, 0.1) is 0 Å². The average molecular weight is 429 g/mol. The molecule has 0 aromatic heterocycles. The number of nitrogens with zero attached hydrogens (tertiary/aromatic N) is 1. The van der Waals surface area contributed by atoms with Gasteiger partial charge in [-0.1, -0.05) is 17.7 Å². The van der Waals surface area contributed by atoms with Gasteiger partial charge in [-0.3, -0.25) is 4.90 Å². The van der Waals surface area contributed by atoms with E-state index in [0.717, 1.165) is 0 Å². The predicted octanol–water partition coefficient (Wildman–Crippen LogP) is 3.86. The molecule has 1 heterocycles. The van der Waals surface area contributed by atoms with E-state index < -0.39 is 12.5 Å². The number of piperazine rings is 1. The van der Waals surface area contributed by atoms with Crippen molar-refractivity contribution in [3.05, 3.63) is 27.2 Å². The first-order valence-electron chi connectivity index (χ1n) is 5.92. The minimum atomic E-state index is -2.57. The fourth-order valence-corrected chi connectivity index (χ4v) is 2.76. The summed E-state index contributed by atoms with van der Waals surface area (Å²) in [6.07, 6.45) is -2.57. The number of phenolic OH excluding ortho intramolecular Hbond substituents is 1. The van der Waals surface area contributed by atoms with Crippen LogP contribution >= 0.6 is 52.3 Å². The monoisotopic (exact) mass is 426 g/mol. The topological polar surface area (TPSA) is 35.5 Å². The third-order valence-electron chi connectivity index (χ3n) is 3.20. The van der Waals surface area contributed by atoms with Crippen LogP contribution in [-0.4, -0.2) is 42.6 Å². The fourth-order valence-electron chi connectivity index (χ4n) is 2.25. The number of alkyl halides is 2. The third-order valence-corrected chi connectivity index (χ3v) is 4.55. The average Bonchev–Trinajstić information content (AvgIpc) is 2.40. The molecule has 1 saturated heterocycles. The second-order valence-corrected chi connectivity index (χ2v) is 5.56. The van der Waals surface area contributed by atoms with Gasteiger partial charge in [0.15, 0.2) is 0 Å². The molecule has 2 N–H and O–H groups in total. The number of benzene rings is 1. The smallest absolute Gasteiger partial charge is 0.258 e. The zero-order valence-corrected chi connectivity index (χ0v) is 14.8. The number of halogens is 6. The highest BCUT2D eigenvalue weighted by molar-refractivity contribution is 9.10. The summed E-state index contributed by atoms with van der Waals surface area (Å²) in [5, 5.41) is 13.4. The normalized spacial score (nSPS) is 17.0. The zero-order valence-electron chi connectivity index (χ0n) is 10.9. The molecular formula is C12H16BrCl3F2N2O. The van der Waals surface area contributed by atoms with Gasteiger partial charge < -0.3 is 10.4 Å². The van der Waals surface area contributed by atoms with Crippen molar-refractivity contribution in [1.82, 2.24) is 10.2 Å². The van der Waals surface area contributed by atoms with E-state index in [1.807, 2.05) is 0 Å². The summed E-state index contributed by atoms with van der Waals surface area (Å²) in [5.74, 6) is -0.212. The highest BCUT2D eigenvalue weighted by Crippen LogP contribution is 2.40. The molecule has 1 aliphatic rings. The first-order chi connectivity index (χ1) is 9.02. The molecule has 3 nitrogen and oxygen atoms in total. The Kier molecular flexibility index (Phi) is 9.39. The summed E-state index contributed by atoms with van der Waals surface area (Å²) in [4.78, 5) is 1.68. The number of nitrogens with one attached hydrogen (secondary N) is 1. The molecule has 0 amide bonds. The van der Waals surface area contributed by atoms with Crippen LogP contribution in [0.2, 0.25) is 5.02 Å². The van der Waals surface area contributed by atoms with Gasteiger partial charge in [0.2, 0.25) is 0 Å². The Bertz CT molecular complexity index is 462. The van der Waals surface area contributed by atoms with Crippen LogP contribution in [-0.2, 0) is 0 Å². The summed E-state index contributed by atoms with van der Waals surface area (Å²) >= 11 is 8.95. The first-order valence-corrected chi connectivity index (χ1v) is 7.09.